The zero-order valence-electron chi connectivity index (χ0n) is 8.21. The van der Waals surface area contributed by atoms with Crippen LogP contribution in [0.2, 0.25) is 0 Å². The number of rotatable bonds is 3. The van der Waals surface area contributed by atoms with E-state index < -0.39 is 18.5 Å². The third-order valence-corrected chi connectivity index (χ3v) is 1.66. The van der Waals surface area contributed by atoms with E-state index in [1.807, 2.05) is 0 Å². The Hall–Kier alpha value is -1.47. The fourth-order valence-corrected chi connectivity index (χ4v) is 1.01. The molecule has 0 atom stereocenters. The van der Waals surface area contributed by atoms with Crippen molar-refractivity contribution < 1.29 is 17.9 Å². The summed E-state index contributed by atoms with van der Waals surface area (Å²) in [6.45, 7) is 0.368. The lowest BCUT2D eigenvalue weighted by atomic mass is 10.7. The van der Waals surface area contributed by atoms with Gasteiger partial charge in [0.2, 0.25) is 0 Å². The molecule has 0 aliphatic carbocycles. The van der Waals surface area contributed by atoms with Gasteiger partial charge in [0.05, 0.1) is 0 Å². The van der Waals surface area contributed by atoms with Crippen molar-refractivity contribution in [2.24, 2.45) is 7.05 Å². The first-order valence-corrected chi connectivity index (χ1v) is 4.18. The highest BCUT2D eigenvalue weighted by atomic mass is 19.4. The number of halogens is 3. The van der Waals surface area contributed by atoms with Gasteiger partial charge in [0, 0.05) is 13.6 Å². The Labute approximate surface area is 83.1 Å². The van der Waals surface area contributed by atoms with E-state index in [1.54, 1.807) is 6.92 Å². The van der Waals surface area contributed by atoms with E-state index in [9.17, 15) is 18.0 Å². The maximum atomic E-state index is 11.8. The van der Waals surface area contributed by atoms with Crippen molar-refractivity contribution in [3.05, 3.63) is 10.5 Å². The molecular weight excluding hydrogens is 215 g/mol. The molecule has 0 N–H and O–H groups in total. The normalized spacial score (nSPS) is 11.8. The van der Waals surface area contributed by atoms with Crippen LogP contribution in [0.3, 0.4) is 0 Å². The Morgan fingerprint density at radius 3 is 2.53 bits per heavy atom. The highest BCUT2D eigenvalue weighted by molar-refractivity contribution is 4.93. The summed E-state index contributed by atoms with van der Waals surface area (Å²) in [6.07, 6.45) is -4.44. The van der Waals surface area contributed by atoms with Gasteiger partial charge in [0.1, 0.15) is 0 Å². The Balaban J connectivity index is 2.86. The number of hydrogen-bond donors (Lipinski definition) is 0. The average molecular weight is 225 g/mol. The van der Waals surface area contributed by atoms with E-state index in [0.717, 1.165) is 9.25 Å². The monoisotopic (exact) mass is 225 g/mol. The lowest BCUT2D eigenvalue weighted by molar-refractivity contribution is -0.155. The largest absolute Gasteiger partial charge is 0.454 e. The molecule has 0 saturated heterocycles. The van der Waals surface area contributed by atoms with Crippen LogP contribution in [0.25, 0.3) is 0 Å². The van der Waals surface area contributed by atoms with Crippen LogP contribution in [0.1, 0.15) is 6.92 Å². The summed E-state index contributed by atoms with van der Waals surface area (Å²) in [5, 5.41) is 3.53. The van der Waals surface area contributed by atoms with Gasteiger partial charge in [-0.25, -0.2) is 14.0 Å². The van der Waals surface area contributed by atoms with Gasteiger partial charge in [0.25, 0.3) is 0 Å². The topological polar surface area (TPSA) is 49.0 Å². The van der Waals surface area contributed by atoms with Crippen molar-refractivity contribution in [1.82, 2.24) is 14.3 Å². The van der Waals surface area contributed by atoms with Crippen LogP contribution in [0, 0.1) is 0 Å². The summed E-state index contributed by atoms with van der Waals surface area (Å²) in [6, 6.07) is -0.317. The van der Waals surface area contributed by atoms with Gasteiger partial charge in [-0.15, -0.1) is 5.10 Å². The lowest BCUT2D eigenvalue weighted by Gasteiger charge is -2.07. The third kappa shape index (κ3) is 2.74. The first-order chi connectivity index (χ1) is 6.85. The van der Waals surface area contributed by atoms with Crippen LogP contribution in [-0.4, -0.2) is 27.1 Å². The maximum absolute atomic E-state index is 11.8. The van der Waals surface area contributed by atoms with E-state index in [4.69, 9.17) is 0 Å². The van der Waals surface area contributed by atoms with E-state index in [2.05, 4.69) is 9.84 Å². The Kier molecular flexibility index (Phi) is 3.06. The predicted molar refractivity (Wildman–Crippen MR) is 44.7 cm³/mol. The Morgan fingerprint density at radius 2 is 2.07 bits per heavy atom. The number of nitrogens with zero attached hydrogens (tertiary/aromatic N) is 3. The molecule has 0 fully saturated rings. The number of ether oxygens (including phenoxy) is 1. The zero-order chi connectivity index (χ0) is 11.6. The van der Waals surface area contributed by atoms with Crippen molar-refractivity contribution in [3.8, 4) is 6.01 Å². The molecule has 1 aromatic heterocycles. The standard InChI is InChI=1S/C7H10F3N3O2/c1-3-13-5(11-12(2)6(13)14)15-4-7(8,9)10/h3-4H2,1-2H3. The van der Waals surface area contributed by atoms with Crippen molar-refractivity contribution >= 4 is 0 Å². The second-order valence-corrected chi connectivity index (χ2v) is 2.84. The SMILES string of the molecule is CCn1c(OCC(F)(F)F)nn(C)c1=O. The molecule has 0 unspecified atom stereocenters. The summed E-state index contributed by atoms with van der Waals surface area (Å²) in [5.41, 5.74) is -0.505. The minimum Gasteiger partial charge on any atom is -0.454 e. The van der Waals surface area contributed by atoms with Gasteiger partial charge in [-0.05, 0) is 6.92 Å². The van der Waals surface area contributed by atoms with Gasteiger partial charge in [-0.3, -0.25) is 0 Å². The quantitative estimate of drug-likeness (QED) is 0.754. The summed E-state index contributed by atoms with van der Waals surface area (Å²) in [4.78, 5) is 11.2. The Morgan fingerprint density at radius 1 is 1.47 bits per heavy atom. The molecule has 0 radical (unpaired) electrons. The van der Waals surface area contributed by atoms with Crippen molar-refractivity contribution in [2.45, 2.75) is 19.6 Å². The highest BCUT2D eigenvalue weighted by Crippen LogP contribution is 2.16. The minimum absolute atomic E-state index is 0.208. The van der Waals surface area contributed by atoms with Crippen LogP contribution in [0.4, 0.5) is 13.2 Å². The van der Waals surface area contributed by atoms with Gasteiger partial charge < -0.3 is 4.74 Å². The molecule has 0 aliphatic rings. The minimum atomic E-state index is -4.44. The first-order valence-electron chi connectivity index (χ1n) is 4.18. The average Bonchev–Trinajstić information content (AvgIpc) is 2.38. The fourth-order valence-electron chi connectivity index (χ4n) is 1.01. The molecule has 1 heterocycles. The molecular formula is C7H10F3N3O2. The first kappa shape index (κ1) is 11.6. The molecule has 8 heteroatoms. The number of aryl methyl sites for hydroxylation is 1. The second kappa shape index (κ2) is 3.95. The molecule has 0 spiro atoms. The molecule has 1 rings (SSSR count). The molecule has 1 aromatic rings. The van der Waals surface area contributed by atoms with Crippen molar-refractivity contribution in [1.29, 1.82) is 0 Å². The zero-order valence-corrected chi connectivity index (χ0v) is 8.21. The second-order valence-electron chi connectivity index (χ2n) is 2.84. The van der Waals surface area contributed by atoms with Crippen molar-refractivity contribution in [2.75, 3.05) is 6.61 Å². The molecule has 15 heavy (non-hydrogen) atoms. The third-order valence-electron chi connectivity index (χ3n) is 1.66. The molecule has 86 valence electrons. The van der Waals surface area contributed by atoms with E-state index >= 15 is 0 Å². The molecule has 0 aromatic carbocycles. The fraction of sp³-hybridized carbons (Fsp3) is 0.714. The highest BCUT2D eigenvalue weighted by Gasteiger charge is 2.29. The molecule has 0 bridgehead atoms. The predicted octanol–water partition coefficient (Wildman–Crippen LogP) is 0.543. The summed E-state index contributed by atoms with van der Waals surface area (Å²) in [5.74, 6) is 0. The summed E-state index contributed by atoms with van der Waals surface area (Å²) < 4.78 is 41.9. The maximum Gasteiger partial charge on any atom is 0.422 e. The van der Waals surface area contributed by atoms with Gasteiger partial charge in [-0.2, -0.15) is 13.2 Å². The molecule has 0 amide bonds. The van der Waals surface area contributed by atoms with Crippen LogP contribution < -0.4 is 10.4 Å². The number of hydrogen-bond acceptors (Lipinski definition) is 3. The summed E-state index contributed by atoms with van der Waals surface area (Å²) >= 11 is 0. The van der Waals surface area contributed by atoms with E-state index in [0.29, 0.717) is 0 Å². The van der Waals surface area contributed by atoms with E-state index in [1.165, 1.54) is 7.05 Å². The molecule has 5 nitrogen and oxygen atoms in total. The van der Waals surface area contributed by atoms with Gasteiger partial charge in [0.15, 0.2) is 6.61 Å². The lowest BCUT2D eigenvalue weighted by Crippen LogP contribution is -2.24. The van der Waals surface area contributed by atoms with Gasteiger partial charge >= 0.3 is 17.9 Å². The number of alkyl halides is 3. The van der Waals surface area contributed by atoms with Gasteiger partial charge in [-0.1, -0.05) is 0 Å². The molecule has 0 saturated carbocycles. The van der Waals surface area contributed by atoms with E-state index in [-0.39, 0.29) is 12.6 Å². The molecule has 0 aliphatic heterocycles. The number of aromatic nitrogens is 3. The Bertz CT molecular complexity index is 393. The van der Waals surface area contributed by atoms with Crippen LogP contribution in [0.5, 0.6) is 6.01 Å². The smallest absolute Gasteiger partial charge is 0.422 e. The van der Waals surface area contributed by atoms with Crippen LogP contribution in [-0.2, 0) is 13.6 Å². The summed E-state index contributed by atoms with van der Waals surface area (Å²) in [7, 11) is 1.34. The van der Waals surface area contributed by atoms with Crippen molar-refractivity contribution in [3.63, 3.8) is 0 Å². The van der Waals surface area contributed by atoms with Crippen LogP contribution in [0.15, 0.2) is 4.79 Å². The van der Waals surface area contributed by atoms with Crippen LogP contribution >= 0.6 is 0 Å².